The van der Waals surface area contributed by atoms with Crippen LogP contribution in [0.2, 0.25) is 0 Å². The van der Waals surface area contributed by atoms with Crippen LogP contribution in [-0.4, -0.2) is 30.4 Å². The van der Waals surface area contributed by atoms with Gasteiger partial charge in [0.05, 0.1) is 6.61 Å². The van der Waals surface area contributed by atoms with Gasteiger partial charge in [0.25, 0.3) is 0 Å². The molecular weight excluding hydrogens is 284 g/mol. The predicted octanol–water partition coefficient (Wildman–Crippen LogP) is 2.04. The minimum Gasteiger partial charge on any atom is -0.465 e. The van der Waals surface area contributed by atoms with Crippen LogP contribution in [-0.2, 0) is 23.9 Å². The SMILES string of the molecule is C=C1C(=O)O[C@@H]2C[C@]3(COC(C)=O)[C@@H](CCC(C)=O)[C@@H]3C[C@H]12. The van der Waals surface area contributed by atoms with Crippen LogP contribution in [0, 0.1) is 23.2 Å². The smallest absolute Gasteiger partial charge is 0.334 e. The standard InChI is InChI=1S/C17H22O5/c1-9(18)4-5-13-14-6-12-10(2)16(20)22-15(12)7-17(13,14)8-21-11(3)19/h12-15H,2,4-8H2,1,3H3/t12-,13+,14+,15-,17+/m1/s1. The van der Waals surface area contributed by atoms with Gasteiger partial charge in [-0.3, -0.25) is 4.79 Å². The molecule has 0 amide bonds. The second-order valence-corrected chi connectivity index (χ2v) is 6.98. The second kappa shape index (κ2) is 5.21. The third-order valence-corrected chi connectivity index (χ3v) is 5.71. The summed E-state index contributed by atoms with van der Waals surface area (Å²) in [6.45, 7) is 7.22. The van der Waals surface area contributed by atoms with Crippen LogP contribution in [0.5, 0.6) is 0 Å². The Labute approximate surface area is 130 Å². The molecule has 0 unspecified atom stereocenters. The van der Waals surface area contributed by atoms with Gasteiger partial charge in [0.1, 0.15) is 11.9 Å². The third-order valence-electron chi connectivity index (χ3n) is 5.71. The zero-order valence-electron chi connectivity index (χ0n) is 13.1. The molecule has 0 aromatic carbocycles. The maximum atomic E-state index is 11.7. The number of rotatable bonds is 5. The monoisotopic (exact) mass is 306 g/mol. The number of fused-ring (bicyclic) bond motifs is 2. The van der Waals surface area contributed by atoms with Crippen LogP contribution in [0.3, 0.4) is 0 Å². The number of ketones is 1. The molecule has 1 aliphatic heterocycles. The molecule has 1 saturated heterocycles. The Morgan fingerprint density at radius 1 is 1.41 bits per heavy atom. The second-order valence-electron chi connectivity index (χ2n) is 6.98. The highest BCUT2D eigenvalue weighted by Gasteiger charge is 2.69. The summed E-state index contributed by atoms with van der Waals surface area (Å²) in [5.41, 5.74) is 0.455. The molecule has 0 spiro atoms. The summed E-state index contributed by atoms with van der Waals surface area (Å²) in [5.74, 6) is 0.443. The summed E-state index contributed by atoms with van der Waals surface area (Å²) in [6.07, 6.45) is 2.79. The van der Waals surface area contributed by atoms with Crippen molar-refractivity contribution < 1.29 is 23.9 Å². The maximum Gasteiger partial charge on any atom is 0.334 e. The zero-order valence-corrected chi connectivity index (χ0v) is 13.1. The van der Waals surface area contributed by atoms with E-state index in [1.165, 1.54) is 6.92 Å². The van der Waals surface area contributed by atoms with E-state index in [1.54, 1.807) is 6.92 Å². The average Bonchev–Trinajstić information content (AvgIpc) is 2.98. The molecule has 3 aliphatic rings. The summed E-state index contributed by atoms with van der Waals surface area (Å²) in [6, 6.07) is 0. The van der Waals surface area contributed by atoms with Crippen molar-refractivity contribution in [2.24, 2.45) is 23.2 Å². The molecule has 5 atom stereocenters. The average molecular weight is 306 g/mol. The lowest BCUT2D eigenvalue weighted by Gasteiger charge is -2.29. The van der Waals surface area contributed by atoms with E-state index in [1.807, 2.05) is 0 Å². The van der Waals surface area contributed by atoms with E-state index >= 15 is 0 Å². The topological polar surface area (TPSA) is 69.7 Å². The van der Waals surface area contributed by atoms with Crippen molar-refractivity contribution in [3.63, 3.8) is 0 Å². The van der Waals surface area contributed by atoms with Crippen LogP contribution in [0.4, 0.5) is 0 Å². The fourth-order valence-corrected chi connectivity index (χ4v) is 4.53. The molecule has 22 heavy (non-hydrogen) atoms. The molecule has 0 aromatic heterocycles. The number of hydrogen-bond acceptors (Lipinski definition) is 5. The van der Waals surface area contributed by atoms with Crippen LogP contribution >= 0.6 is 0 Å². The number of ether oxygens (including phenoxy) is 2. The molecule has 3 rings (SSSR count). The molecule has 5 heteroatoms. The van der Waals surface area contributed by atoms with E-state index in [0.29, 0.717) is 36.9 Å². The van der Waals surface area contributed by atoms with Crippen molar-refractivity contribution in [3.05, 3.63) is 12.2 Å². The van der Waals surface area contributed by atoms with Gasteiger partial charge in [-0.1, -0.05) is 6.58 Å². The van der Waals surface area contributed by atoms with Gasteiger partial charge in [0.15, 0.2) is 0 Å². The van der Waals surface area contributed by atoms with Crippen molar-refractivity contribution in [2.75, 3.05) is 6.61 Å². The quantitative estimate of drug-likeness (QED) is 0.574. The van der Waals surface area contributed by atoms with E-state index in [4.69, 9.17) is 9.47 Å². The number of Topliss-reactive ketones (excluding diaryl/α,β-unsaturated/α-hetero) is 1. The molecule has 0 aromatic rings. The van der Waals surface area contributed by atoms with Gasteiger partial charge in [-0.15, -0.1) is 0 Å². The van der Waals surface area contributed by atoms with Crippen LogP contribution in [0.1, 0.15) is 39.5 Å². The summed E-state index contributed by atoms with van der Waals surface area (Å²) in [5, 5.41) is 0. The maximum absolute atomic E-state index is 11.7. The fraction of sp³-hybridized carbons (Fsp3) is 0.706. The Kier molecular flexibility index (Phi) is 3.62. The summed E-state index contributed by atoms with van der Waals surface area (Å²) in [4.78, 5) is 34.1. The lowest BCUT2D eigenvalue weighted by Crippen LogP contribution is -2.31. The first-order chi connectivity index (χ1) is 10.3. The van der Waals surface area contributed by atoms with Crippen molar-refractivity contribution in [1.29, 1.82) is 0 Å². The fourth-order valence-electron chi connectivity index (χ4n) is 4.53. The number of carbonyl (C=O) groups is 3. The Bertz CT molecular complexity index is 551. The summed E-state index contributed by atoms with van der Waals surface area (Å²) in [7, 11) is 0. The lowest BCUT2D eigenvalue weighted by molar-refractivity contribution is -0.147. The van der Waals surface area contributed by atoms with Crippen LogP contribution in [0.15, 0.2) is 12.2 Å². The highest BCUT2D eigenvalue weighted by Crippen LogP contribution is 2.70. The number of hydrogen-bond donors (Lipinski definition) is 0. The minimum atomic E-state index is -0.292. The Morgan fingerprint density at radius 2 is 2.14 bits per heavy atom. The van der Waals surface area contributed by atoms with E-state index in [2.05, 4.69) is 6.58 Å². The van der Waals surface area contributed by atoms with Crippen LogP contribution in [0.25, 0.3) is 0 Å². The molecule has 5 nitrogen and oxygen atoms in total. The largest absolute Gasteiger partial charge is 0.465 e. The highest BCUT2D eigenvalue weighted by molar-refractivity contribution is 5.91. The normalized spacial score (nSPS) is 38.8. The Balaban J connectivity index is 1.74. The predicted molar refractivity (Wildman–Crippen MR) is 77.7 cm³/mol. The number of esters is 2. The number of carbonyl (C=O) groups excluding carboxylic acids is 3. The van der Waals surface area contributed by atoms with Gasteiger partial charge in [0.2, 0.25) is 0 Å². The first-order valence-electron chi connectivity index (χ1n) is 7.87. The van der Waals surface area contributed by atoms with Gasteiger partial charge in [0, 0.05) is 30.3 Å². The van der Waals surface area contributed by atoms with Crippen molar-refractivity contribution >= 4 is 17.7 Å². The highest BCUT2D eigenvalue weighted by atomic mass is 16.6. The van der Waals surface area contributed by atoms with Gasteiger partial charge in [-0.2, -0.15) is 0 Å². The van der Waals surface area contributed by atoms with E-state index < -0.39 is 0 Å². The molecule has 0 radical (unpaired) electrons. The summed E-state index contributed by atoms with van der Waals surface area (Å²) >= 11 is 0. The summed E-state index contributed by atoms with van der Waals surface area (Å²) < 4.78 is 10.7. The van der Waals surface area contributed by atoms with Gasteiger partial charge >= 0.3 is 11.9 Å². The first kappa shape index (κ1) is 15.3. The van der Waals surface area contributed by atoms with Crippen molar-refractivity contribution in [3.8, 4) is 0 Å². The van der Waals surface area contributed by atoms with Crippen molar-refractivity contribution in [2.45, 2.75) is 45.6 Å². The molecule has 120 valence electrons. The third kappa shape index (κ3) is 2.36. The molecule has 2 saturated carbocycles. The minimum absolute atomic E-state index is 0.0882. The molecule has 2 aliphatic carbocycles. The van der Waals surface area contributed by atoms with Gasteiger partial charge in [-0.05, 0) is 38.0 Å². The Morgan fingerprint density at radius 3 is 2.77 bits per heavy atom. The Hall–Kier alpha value is -1.65. The molecule has 1 heterocycles. The van der Waals surface area contributed by atoms with E-state index in [9.17, 15) is 14.4 Å². The van der Waals surface area contributed by atoms with Crippen LogP contribution < -0.4 is 0 Å². The first-order valence-corrected chi connectivity index (χ1v) is 7.87. The molecular formula is C17H22O5. The molecule has 3 fully saturated rings. The zero-order chi connectivity index (χ0) is 16.1. The lowest BCUT2D eigenvalue weighted by atomic mass is 9.78. The van der Waals surface area contributed by atoms with E-state index in [0.717, 1.165) is 12.8 Å². The molecule has 0 N–H and O–H groups in total. The van der Waals surface area contributed by atoms with E-state index in [-0.39, 0.29) is 35.2 Å². The molecule has 0 bridgehead atoms. The van der Waals surface area contributed by atoms with Gasteiger partial charge < -0.3 is 14.3 Å². The van der Waals surface area contributed by atoms with Gasteiger partial charge in [-0.25, -0.2) is 4.79 Å². The van der Waals surface area contributed by atoms with Crippen molar-refractivity contribution in [1.82, 2.24) is 0 Å².